The van der Waals surface area contributed by atoms with Crippen molar-refractivity contribution in [1.29, 1.82) is 0 Å². The third-order valence-corrected chi connectivity index (χ3v) is 3.57. The fourth-order valence-corrected chi connectivity index (χ4v) is 2.13. The molecule has 9 N–H and O–H groups in total. The second kappa shape index (κ2) is 11.4. The number of H-pyrrole nitrogens is 1. The van der Waals surface area contributed by atoms with E-state index in [9.17, 15) is 24.0 Å². The Hall–Kier alpha value is -3.52. The van der Waals surface area contributed by atoms with Gasteiger partial charge in [-0.05, 0) is 0 Å². The molecule has 0 spiro atoms. The van der Waals surface area contributed by atoms with Crippen LogP contribution in [0.2, 0.25) is 0 Å². The molecule has 160 valence electrons. The van der Waals surface area contributed by atoms with Crippen molar-refractivity contribution in [2.75, 3.05) is 13.2 Å². The Kier molecular flexibility index (Phi) is 9.21. The van der Waals surface area contributed by atoms with Crippen LogP contribution >= 0.6 is 0 Å². The van der Waals surface area contributed by atoms with Crippen LogP contribution in [0.1, 0.15) is 12.1 Å². The zero-order valence-electron chi connectivity index (χ0n) is 15.1. The number of rotatable bonds is 12. The second-order valence-electron chi connectivity index (χ2n) is 5.90. The highest BCUT2D eigenvalue weighted by Crippen LogP contribution is 2.02. The van der Waals surface area contributed by atoms with Gasteiger partial charge in [0.25, 0.3) is 0 Å². The van der Waals surface area contributed by atoms with Gasteiger partial charge in [-0.2, -0.15) is 0 Å². The summed E-state index contributed by atoms with van der Waals surface area (Å²) < 4.78 is 0. The summed E-state index contributed by atoms with van der Waals surface area (Å²) in [7, 11) is 0. The van der Waals surface area contributed by atoms with Gasteiger partial charge in [-0.3, -0.25) is 24.0 Å². The van der Waals surface area contributed by atoms with Crippen LogP contribution in [0.4, 0.5) is 0 Å². The highest BCUT2D eigenvalue weighted by atomic mass is 16.4. The number of aliphatic carboxylic acids is 2. The number of carbonyl (C=O) groups is 5. The lowest BCUT2D eigenvalue weighted by atomic mass is 10.1. The standard InChI is InChI=1S/C15H22N6O8/c16-8(5-22)13(27)20-9(1-7-3-17-6-19-7)15(29)21-10(2-11(23)24)14(28)18-4-12(25)26/h3,6,8-10,22H,1-2,4-5,16H2,(H,17,19)(H,18,28)(H,20,27)(H,21,29)(H,23,24)(H,25,26). The summed E-state index contributed by atoms with van der Waals surface area (Å²) in [5.41, 5.74) is 5.85. The van der Waals surface area contributed by atoms with Crippen molar-refractivity contribution in [1.82, 2.24) is 25.9 Å². The van der Waals surface area contributed by atoms with Crippen molar-refractivity contribution in [2.45, 2.75) is 31.0 Å². The zero-order chi connectivity index (χ0) is 22.0. The van der Waals surface area contributed by atoms with Crippen LogP contribution in [-0.4, -0.2) is 86.2 Å². The van der Waals surface area contributed by atoms with E-state index < -0.39 is 67.4 Å². The van der Waals surface area contributed by atoms with Gasteiger partial charge in [0.1, 0.15) is 24.7 Å². The van der Waals surface area contributed by atoms with Crippen LogP contribution in [0.15, 0.2) is 12.5 Å². The summed E-state index contributed by atoms with van der Waals surface area (Å²) in [6.07, 6.45) is 1.79. The van der Waals surface area contributed by atoms with E-state index in [1.54, 1.807) is 0 Å². The average Bonchev–Trinajstić information content (AvgIpc) is 3.16. The van der Waals surface area contributed by atoms with E-state index >= 15 is 0 Å². The Labute approximate surface area is 163 Å². The van der Waals surface area contributed by atoms with Crippen molar-refractivity contribution in [2.24, 2.45) is 5.73 Å². The third kappa shape index (κ3) is 8.35. The fourth-order valence-electron chi connectivity index (χ4n) is 2.13. The summed E-state index contributed by atoms with van der Waals surface area (Å²) in [6.45, 7) is -1.45. The van der Waals surface area contributed by atoms with E-state index in [-0.39, 0.29) is 6.42 Å². The molecule has 0 aliphatic carbocycles. The number of aromatic nitrogens is 2. The lowest BCUT2D eigenvalue weighted by molar-refractivity contribution is -0.141. The van der Waals surface area contributed by atoms with Crippen LogP contribution in [0.3, 0.4) is 0 Å². The summed E-state index contributed by atoms with van der Waals surface area (Å²) in [5.74, 6) is -5.58. The van der Waals surface area contributed by atoms with Crippen LogP contribution < -0.4 is 21.7 Å². The summed E-state index contributed by atoms with van der Waals surface area (Å²) in [6, 6.07) is -4.18. The summed E-state index contributed by atoms with van der Waals surface area (Å²) in [4.78, 5) is 64.6. The molecule has 14 nitrogen and oxygen atoms in total. The van der Waals surface area contributed by atoms with E-state index in [2.05, 4.69) is 20.6 Å². The molecule has 29 heavy (non-hydrogen) atoms. The molecular formula is C15H22N6O8. The Morgan fingerprint density at radius 2 is 1.69 bits per heavy atom. The normalized spacial score (nSPS) is 13.6. The number of imidazole rings is 1. The van der Waals surface area contributed by atoms with Crippen molar-refractivity contribution < 1.29 is 39.3 Å². The van der Waals surface area contributed by atoms with E-state index in [0.717, 1.165) is 0 Å². The molecule has 3 amide bonds. The fraction of sp³-hybridized carbons (Fsp3) is 0.467. The molecule has 0 saturated heterocycles. The quantitative estimate of drug-likeness (QED) is 0.164. The smallest absolute Gasteiger partial charge is 0.322 e. The van der Waals surface area contributed by atoms with Gasteiger partial charge in [-0.1, -0.05) is 0 Å². The van der Waals surface area contributed by atoms with Crippen LogP contribution in [0, 0.1) is 0 Å². The molecule has 0 aromatic carbocycles. The maximum absolute atomic E-state index is 12.6. The van der Waals surface area contributed by atoms with Crippen LogP contribution in [0.25, 0.3) is 0 Å². The number of carbonyl (C=O) groups excluding carboxylic acids is 3. The highest BCUT2D eigenvalue weighted by Gasteiger charge is 2.30. The van der Waals surface area contributed by atoms with E-state index in [1.807, 2.05) is 5.32 Å². The Morgan fingerprint density at radius 3 is 2.21 bits per heavy atom. The van der Waals surface area contributed by atoms with Gasteiger partial charge in [0.15, 0.2) is 0 Å². The van der Waals surface area contributed by atoms with Crippen LogP contribution in [-0.2, 0) is 30.4 Å². The summed E-state index contributed by atoms with van der Waals surface area (Å²) in [5, 5.41) is 33.0. The molecule has 3 unspecified atom stereocenters. The number of hydrogen-bond acceptors (Lipinski definition) is 8. The zero-order valence-corrected chi connectivity index (χ0v) is 15.1. The van der Waals surface area contributed by atoms with Gasteiger partial charge in [0.2, 0.25) is 17.7 Å². The number of carboxylic acid groups (broad SMARTS) is 2. The molecule has 14 heteroatoms. The number of nitrogens with two attached hydrogens (primary N) is 1. The van der Waals surface area contributed by atoms with E-state index in [1.165, 1.54) is 12.5 Å². The lowest BCUT2D eigenvalue weighted by Gasteiger charge is -2.23. The van der Waals surface area contributed by atoms with Gasteiger partial charge in [-0.15, -0.1) is 0 Å². The first-order chi connectivity index (χ1) is 13.6. The van der Waals surface area contributed by atoms with E-state index in [0.29, 0.717) is 5.69 Å². The van der Waals surface area contributed by atoms with Crippen molar-refractivity contribution >= 4 is 29.7 Å². The minimum Gasteiger partial charge on any atom is -0.481 e. The van der Waals surface area contributed by atoms with Gasteiger partial charge in [-0.25, -0.2) is 4.98 Å². The summed E-state index contributed by atoms with van der Waals surface area (Å²) >= 11 is 0. The highest BCUT2D eigenvalue weighted by molar-refractivity contribution is 5.95. The van der Waals surface area contributed by atoms with Crippen molar-refractivity contribution in [3.05, 3.63) is 18.2 Å². The number of nitrogens with zero attached hydrogens (tertiary/aromatic N) is 1. The molecule has 3 atom stereocenters. The molecule has 1 heterocycles. The largest absolute Gasteiger partial charge is 0.481 e. The predicted octanol–water partition coefficient (Wildman–Crippen LogP) is -4.08. The van der Waals surface area contributed by atoms with Crippen molar-refractivity contribution in [3.63, 3.8) is 0 Å². The predicted molar refractivity (Wildman–Crippen MR) is 94.1 cm³/mol. The first-order valence-corrected chi connectivity index (χ1v) is 8.29. The molecule has 1 aromatic heterocycles. The van der Waals surface area contributed by atoms with Gasteiger partial charge in [0.05, 0.1) is 19.4 Å². The minimum absolute atomic E-state index is 0.105. The number of amides is 3. The first-order valence-electron chi connectivity index (χ1n) is 8.29. The molecule has 0 saturated carbocycles. The van der Waals surface area contributed by atoms with E-state index in [4.69, 9.17) is 21.1 Å². The molecule has 1 aromatic rings. The molecule has 0 radical (unpaired) electrons. The Morgan fingerprint density at radius 1 is 1.03 bits per heavy atom. The molecule has 0 fully saturated rings. The maximum atomic E-state index is 12.6. The average molecular weight is 414 g/mol. The monoisotopic (exact) mass is 414 g/mol. The van der Waals surface area contributed by atoms with Gasteiger partial charge >= 0.3 is 11.9 Å². The SMILES string of the molecule is NC(CO)C(=O)NC(Cc1cnc[nH]1)C(=O)NC(CC(=O)O)C(=O)NCC(=O)O. The number of aliphatic hydroxyl groups is 1. The van der Waals surface area contributed by atoms with Gasteiger partial charge in [0, 0.05) is 18.3 Å². The number of nitrogens with one attached hydrogen (secondary N) is 4. The van der Waals surface area contributed by atoms with Crippen molar-refractivity contribution in [3.8, 4) is 0 Å². The van der Waals surface area contributed by atoms with Gasteiger partial charge < -0.3 is 42.0 Å². The molecule has 0 aliphatic rings. The Balaban J connectivity index is 2.94. The second-order valence-corrected chi connectivity index (χ2v) is 5.90. The molecule has 1 rings (SSSR count). The Bertz CT molecular complexity index is 737. The number of aromatic amines is 1. The molecule has 0 aliphatic heterocycles. The number of carboxylic acids is 2. The first kappa shape index (κ1) is 23.5. The number of hydrogen-bond donors (Lipinski definition) is 8. The number of aliphatic hydroxyl groups excluding tert-OH is 1. The maximum Gasteiger partial charge on any atom is 0.322 e. The topological polar surface area (TPSA) is 237 Å². The van der Waals surface area contributed by atoms with Crippen LogP contribution in [0.5, 0.6) is 0 Å². The molecular weight excluding hydrogens is 392 g/mol. The third-order valence-electron chi connectivity index (χ3n) is 3.57. The lowest BCUT2D eigenvalue weighted by Crippen LogP contribution is -2.57. The minimum atomic E-state index is -1.59. The molecule has 0 bridgehead atoms.